The zero-order valence-corrected chi connectivity index (χ0v) is 11.8. The Labute approximate surface area is 102 Å². The minimum absolute atomic E-state index is 0.667. The second-order valence-electron chi connectivity index (χ2n) is 6.15. The van der Waals surface area contributed by atoms with Gasteiger partial charge in [0.2, 0.25) is 0 Å². The van der Waals surface area contributed by atoms with Crippen LogP contribution in [0.5, 0.6) is 0 Å². The molecule has 1 rings (SSSR count). The molecule has 0 spiro atoms. The van der Waals surface area contributed by atoms with Crippen molar-refractivity contribution < 1.29 is 0 Å². The van der Waals surface area contributed by atoms with Crippen molar-refractivity contribution in [3.05, 3.63) is 0 Å². The second kappa shape index (κ2) is 6.61. The molecule has 1 N–H and O–H groups in total. The molecule has 1 fully saturated rings. The van der Waals surface area contributed by atoms with E-state index < -0.39 is 0 Å². The highest BCUT2D eigenvalue weighted by atomic mass is 15.1. The average Bonchev–Trinajstić information content (AvgIpc) is 2.88. The summed E-state index contributed by atoms with van der Waals surface area (Å²) in [6, 6.07) is 0.667. The summed E-state index contributed by atoms with van der Waals surface area (Å²) in [5, 5.41) is 3.56. The van der Waals surface area contributed by atoms with Crippen molar-refractivity contribution in [1.82, 2.24) is 10.2 Å². The molecule has 1 aliphatic rings. The maximum atomic E-state index is 3.56. The number of likely N-dealkylation sites (N-methyl/N-ethyl adjacent to an activating group) is 1. The summed E-state index contributed by atoms with van der Waals surface area (Å²) < 4.78 is 0. The summed E-state index contributed by atoms with van der Waals surface area (Å²) in [5.74, 6) is 2.76. The van der Waals surface area contributed by atoms with Gasteiger partial charge in [0.15, 0.2) is 0 Å². The lowest BCUT2D eigenvalue weighted by Gasteiger charge is -2.25. The van der Waals surface area contributed by atoms with Crippen LogP contribution < -0.4 is 5.32 Å². The predicted octanol–water partition coefficient (Wildman–Crippen LogP) is 2.60. The molecular formula is C14H30N2. The van der Waals surface area contributed by atoms with Crippen LogP contribution in [0, 0.1) is 17.8 Å². The van der Waals surface area contributed by atoms with Gasteiger partial charge in [-0.3, -0.25) is 0 Å². The summed E-state index contributed by atoms with van der Waals surface area (Å²) in [7, 11) is 2.26. The van der Waals surface area contributed by atoms with Crippen LogP contribution in [0.4, 0.5) is 0 Å². The van der Waals surface area contributed by atoms with Crippen LogP contribution >= 0.6 is 0 Å². The third-order valence-electron chi connectivity index (χ3n) is 3.89. The SMILES string of the molecule is CC(C)CCNCC(C)N(C)CC1CC1C. The number of hydrogen-bond acceptors (Lipinski definition) is 2. The molecule has 1 saturated carbocycles. The number of rotatable bonds is 8. The molecular weight excluding hydrogens is 196 g/mol. The van der Waals surface area contributed by atoms with Crippen molar-refractivity contribution >= 4 is 0 Å². The van der Waals surface area contributed by atoms with Crippen LogP contribution in [-0.4, -0.2) is 37.6 Å². The Balaban J connectivity index is 2.02. The highest BCUT2D eigenvalue weighted by Gasteiger charge is 2.33. The fourth-order valence-electron chi connectivity index (χ4n) is 2.06. The minimum Gasteiger partial charge on any atom is -0.315 e. The first kappa shape index (κ1) is 14.0. The monoisotopic (exact) mass is 226 g/mol. The molecule has 96 valence electrons. The Hall–Kier alpha value is -0.0800. The van der Waals surface area contributed by atoms with Gasteiger partial charge in [-0.1, -0.05) is 20.8 Å². The Kier molecular flexibility index (Phi) is 5.77. The van der Waals surface area contributed by atoms with Gasteiger partial charge in [0, 0.05) is 19.1 Å². The highest BCUT2D eigenvalue weighted by Crippen LogP contribution is 2.38. The molecule has 3 atom stereocenters. The number of nitrogens with one attached hydrogen (secondary N) is 1. The van der Waals surface area contributed by atoms with Crippen molar-refractivity contribution in [3.63, 3.8) is 0 Å². The van der Waals surface area contributed by atoms with E-state index in [0.717, 1.165) is 30.8 Å². The van der Waals surface area contributed by atoms with Gasteiger partial charge in [-0.05, 0) is 51.1 Å². The molecule has 2 nitrogen and oxygen atoms in total. The summed E-state index contributed by atoms with van der Waals surface area (Å²) >= 11 is 0. The molecule has 1 aliphatic carbocycles. The van der Waals surface area contributed by atoms with Crippen LogP contribution in [0.15, 0.2) is 0 Å². The first-order valence-electron chi connectivity index (χ1n) is 6.91. The molecule has 2 heteroatoms. The van der Waals surface area contributed by atoms with E-state index in [1.807, 2.05) is 0 Å². The van der Waals surface area contributed by atoms with Gasteiger partial charge in [-0.2, -0.15) is 0 Å². The van der Waals surface area contributed by atoms with Gasteiger partial charge in [-0.15, -0.1) is 0 Å². The van der Waals surface area contributed by atoms with E-state index in [9.17, 15) is 0 Å². The third kappa shape index (κ3) is 5.31. The maximum Gasteiger partial charge on any atom is 0.0189 e. The lowest BCUT2D eigenvalue weighted by atomic mass is 10.1. The zero-order valence-electron chi connectivity index (χ0n) is 11.8. The zero-order chi connectivity index (χ0) is 12.1. The molecule has 0 heterocycles. The number of hydrogen-bond donors (Lipinski definition) is 1. The quantitative estimate of drug-likeness (QED) is 0.640. The predicted molar refractivity (Wildman–Crippen MR) is 71.7 cm³/mol. The lowest BCUT2D eigenvalue weighted by Crippen LogP contribution is -2.39. The molecule has 0 saturated heterocycles. The molecule has 0 amide bonds. The molecule has 0 aromatic carbocycles. The minimum atomic E-state index is 0.667. The van der Waals surface area contributed by atoms with E-state index in [0.29, 0.717) is 6.04 Å². The van der Waals surface area contributed by atoms with Crippen molar-refractivity contribution in [1.29, 1.82) is 0 Å². The first-order chi connectivity index (χ1) is 7.50. The van der Waals surface area contributed by atoms with E-state index in [1.165, 1.54) is 19.4 Å². The summed E-state index contributed by atoms with van der Waals surface area (Å²) in [6.45, 7) is 12.8. The molecule has 0 radical (unpaired) electrons. The molecule has 0 bridgehead atoms. The van der Waals surface area contributed by atoms with Gasteiger partial charge in [0.1, 0.15) is 0 Å². The Morgan fingerprint density at radius 1 is 1.31 bits per heavy atom. The second-order valence-corrected chi connectivity index (χ2v) is 6.15. The van der Waals surface area contributed by atoms with Crippen molar-refractivity contribution in [3.8, 4) is 0 Å². The van der Waals surface area contributed by atoms with Gasteiger partial charge < -0.3 is 10.2 Å². The highest BCUT2D eigenvalue weighted by molar-refractivity contribution is 4.85. The van der Waals surface area contributed by atoms with Crippen molar-refractivity contribution in [2.75, 3.05) is 26.7 Å². The third-order valence-corrected chi connectivity index (χ3v) is 3.89. The van der Waals surface area contributed by atoms with Crippen LogP contribution in [0.2, 0.25) is 0 Å². The van der Waals surface area contributed by atoms with E-state index in [-0.39, 0.29) is 0 Å². The summed E-state index contributed by atoms with van der Waals surface area (Å²) in [6.07, 6.45) is 2.73. The lowest BCUT2D eigenvalue weighted by molar-refractivity contribution is 0.237. The smallest absolute Gasteiger partial charge is 0.0189 e. The molecule has 0 aromatic heterocycles. The molecule has 0 aliphatic heterocycles. The molecule has 0 aromatic rings. The van der Waals surface area contributed by atoms with Gasteiger partial charge in [0.25, 0.3) is 0 Å². The van der Waals surface area contributed by atoms with Gasteiger partial charge in [0.05, 0.1) is 0 Å². The van der Waals surface area contributed by atoms with Crippen molar-refractivity contribution in [2.24, 2.45) is 17.8 Å². The van der Waals surface area contributed by atoms with E-state index in [4.69, 9.17) is 0 Å². The first-order valence-corrected chi connectivity index (χ1v) is 6.91. The van der Waals surface area contributed by atoms with Crippen LogP contribution in [-0.2, 0) is 0 Å². The van der Waals surface area contributed by atoms with E-state index >= 15 is 0 Å². The fraction of sp³-hybridized carbons (Fsp3) is 1.00. The summed E-state index contributed by atoms with van der Waals surface area (Å²) in [5.41, 5.74) is 0. The number of nitrogens with zero attached hydrogens (tertiary/aromatic N) is 1. The normalized spacial score (nSPS) is 26.4. The standard InChI is InChI=1S/C14H30N2/c1-11(2)6-7-15-9-13(4)16(5)10-14-8-12(14)3/h11-15H,6-10H2,1-5H3. The van der Waals surface area contributed by atoms with Crippen molar-refractivity contribution in [2.45, 2.75) is 46.6 Å². The fourth-order valence-corrected chi connectivity index (χ4v) is 2.06. The van der Waals surface area contributed by atoms with Gasteiger partial charge >= 0.3 is 0 Å². The Bertz CT molecular complexity index is 191. The topological polar surface area (TPSA) is 15.3 Å². The van der Waals surface area contributed by atoms with Gasteiger partial charge in [-0.25, -0.2) is 0 Å². The Morgan fingerprint density at radius 2 is 1.94 bits per heavy atom. The van der Waals surface area contributed by atoms with Crippen LogP contribution in [0.3, 0.4) is 0 Å². The summed E-state index contributed by atoms with van der Waals surface area (Å²) in [4.78, 5) is 2.51. The maximum absolute atomic E-state index is 3.56. The molecule has 3 unspecified atom stereocenters. The average molecular weight is 226 g/mol. The molecule has 16 heavy (non-hydrogen) atoms. The Morgan fingerprint density at radius 3 is 2.44 bits per heavy atom. The van der Waals surface area contributed by atoms with Crippen LogP contribution in [0.25, 0.3) is 0 Å². The largest absolute Gasteiger partial charge is 0.315 e. The van der Waals surface area contributed by atoms with E-state index in [1.54, 1.807) is 0 Å². The van der Waals surface area contributed by atoms with E-state index in [2.05, 4.69) is 45.0 Å². The van der Waals surface area contributed by atoms with Crippen LogP contribution in [0.1, 0.15) is 40.5 Å².